The number of rotatable bonds is 6. The van der Waals surface area contributed by atoms with Crippen LogP contribution in [0.2, 0.25) is 5.02 Å². The number of nitrogens with zero attached hydrogens (tertiary/aromatic N) is 5. The Morgan fingerprint density at radius 3 is 2.63 bits per heavy atom. The molecule has 216 valence electrons. The summed E-state index contributed by atoms with van der Waals surface area (Å²) < 4.78 is 51.2. The molecular formula is C28H29ClF3N7OS. The number of likely N-dealkylation sites (tertiary alicyclic amines) is 1. The van der Waals surface area contributed by atoms with E-state index in [2.05, 4.69) is 20.2 Å². The van der Waals surface area contributed by atoms with Gasteiger partial charge < -0.3 is 20.7 Å². The van der Waals surface area contributed by atoms with Crippen molar-refractivity contribution in [2.75, 3.05) is 43.4 Å². The summed E-state index contributed by atoms with van der Waals surface area (Å²) in [7, 11) is 0. The van der Waals surface area contributed by atoms with Crippen molar-refractivity contribution >= 4 is 55.0 Å². The standard InChI is InChI=1S/C28H29ClF3N7OS/c1-13(9-38-7-6-14(30)10-38)40-28-36-23-18(26(37-28)39-11-15-2-3-16(12-39)34-15)8-19(29)21(22(23)32)17-4-5-20(31)25-24(17)35-27(33)41-25/h4-5,8,13-16,34H,2-3,6-7,9-12H2,1H3,(H2,33,35). The molecule has 3 fully saturated rings. The van der Waals surface area contributed by atoms with Gasteiger partial charge in [0.15, 0.2) is 10.9 Å². The highest BCUT2D eigenvalue weighted by molar-refractivity contribution is 7.22. The second-order valence-corrected chi connectivity index (χ2v) is 12.7. The number of fused-ring (bicyclic) bond motifs is 4. The Hall–Kier alpha value is -2.93. The van der Waals surface area contributed by atoms with Crippen molar-refractivity contribution in [1.82, 2.24) is 25.2 Å². The first kappa shape index (κ1) is 26.9. The average Bonchev–Trinajstić information content (AvgIpc) is 3.63. The number of nitrogens with one attached hydrogen (secondary N) is 1. The number of hydrogen-bond acceptors (Lipinski definition) is 9. The van der Waals surface area contributed by atoms with Crippen LogP contribution in [0.3, 0.4) is 0 Å². The van der Waals surface area contributed by atoms with E-state index >= 15 is 4.39 Å². The highest BCUT2D eigenvalue weighted by Gasteiger charge is 2.35. The van der Waals surface area contributed by atoms with Gasteiger partial charge in [-0.2, -0.15) is 9.97 Å². The molecule has 0 amide bonds. The van der Waals surface area contributed by atoms with E-state index < -0.39 is 17.8 Å². The van der Waals surface area contributed by atoms with Crippen molar-refractivity contribution in [3.63, 3.8) is 0 Å². The lowest BCUT2D eigenvalue weighted by Crippen LogP contribution is -2.51. The summed E-state index contributed by atoms with van der Waals surface area (Å²) in [5.41, 5.74) is 6.55. The number of piperazine rings is 1. The van der Waals surface area contributed by atoms with Crippen molar-refractivity contribution in [3.05, 3.63) is 34.9 Å². The second kappa shape index (κ2) is 10.4. The summed E-state index contributed by atoms with van der Waals surface area (Å²) in [4.78, 5) is 17.7. The minimum absolute atomic E-state index is 0.0382. The van der Waals surface area contributed by atoms with E-state index in [4.69, 9.17) is 27.1 Å². The Labute approximate surface area is 243 Å². The maximum Gasteiger partial charge on any atom is 0.319 e. The molecule has 3 N–H and O–H groups in total. The fraction of sp³-hybridized carbons (Fsp3) is 0.464. The number of halogens is 4. The van der Waals surface area contributed by atoms with Gasteiger partial charge in [0.25, 0.3) is 0 Å². The van der Waals surface area contributed by atoms with Gasteiger partial charge in [-0.1, -0.05) is 22.9 Å². The van der Waals surface area contributed by atoms with Crippen LogP contribution in [0.1, 0.15) is 26.2 Å². The first-order chi connectivity index (χ1) is 19.7. The van der Waals surface area contributed by atoms with Crippen molar-refractivity contribution in [2.45, 2.75) is 50.5 Å². The molecular weight excluding hydrogens is 575 g/mol. The van der Waals surface area contributed by atoms with E-state index in [0.717, 1.165) is 24.2 Å². The number of nitrogens with two attached hydrogens (primary N) is 1. The molecule has 2 bridgehead atoms. The van der Waals surface area contributed by atoms with Crippen molar-refractivity contribution in [2.24, 2.45) is 0 Å². The smallest absolute Gasteiger partial charge is 0.319 e. The van der Waals surface area contributed by atoms with Crippen LogP contribution in [0, 0.1) is 11.6 Å². The molecule has 41 heavy (non-hydrogen) atoms. The maximum absolute atomic E-state index is 16.6. The summed E-state index contributed by atoms with van der Waals surface area (Å²) in [5, 5.41) is 4.38. The Morgan fingerprint density at radius 1 is 1.12 bits per heavy atom. The summed E-state index contributed by atoms with van der Waals surface area (Å²) in [6.07, 6.45) is 1.44. The third-order valence-corrected chi connectivity index (χ3v) is 9.37. The largest absolute Gasteiger partial charge is 0.459 e. The molecule has 5 heterocycles. The summed E-state index contributed by atoms with van der Waals surface area (Å²) >= 11 is 7.75. The van der Waals surface area contributed by atoms with Crippen LogP contribution in [0.25, 0.3) is 32.2 Å². The molecule has 3 saturated heterocycles. The predicted molar refractivity (Wildman–Crippen MR) is 156 cm³/mol. The number of hydrogen-bond donors (Lipinski definition) is 2. The Kier molecular flexibility index (Phi) is 6.84. The van der Waals surface area contributed by atoms with Crippen LogP contribution in [0.4, 0.5) is 24.1 Å². The highest BCUT2D eigenvalue weighted by Crippen LogP contribution is 2.43. The number of benzene rings is 2. The van der Waals surface area contributed by atoms with Crippen LogP contribution in [-0.4, -0.2) is 76.9 Å². The van der Waals surface area contributed by atoms with E-state index in [1.54, 1.807) is 6.07 Å². The van der Waals surface area contributed by atoms with Crippen LogP contribution < -0.4 is 20.7 Å². The lowest BCUT2D eigenvalue weighted by Gasteiger charge is -2.34. The maximum atomic E-state index is 16.6. The van der Waals surface area contributed by atoms with Gasteiger partial charge in [-0.15, -0.1) is 0 Å². The molecule has 13 heteroatoms. The zero-order valence-electron chi connectivity index (χ0n) is 22.3. The van der Waals surface area contributed by atoms with E-state index in [0.29, 0.717) is 68.0 Å². The molecule has 4 atom stereocenters. The molecule has 0 saturated carbocycles. The van der Waals surface area contributed by atoms with Gasteiger partial charge in [-0.25, -0.2) is 18.2 Å². The van der Waals surface area contributed by atoms with Crippen molar-refractivity contribution in [3.8, 4) is 17.1 Å². The van der Waals surface area contributed by atoms with Gasteiger partial charge in [0.05, 0.1) is 15.2 Å². The van der Waals surface area contributed by atoms with Gasteiger partial charge in [-0.05, 0) is 44.4 Å². The first-order valence-corrected chi connectivity index (χ1v) is 15.0. The Morgan fingerprint density at radius 2 is 1.90 bits per heavy atom. The minimum atomic E-state index is -0.836. The van der Waals surface area contributed by atoms with Gasteiger partial charge >= 0.3 is 6.01 Å². The first-order valence-electron chi connectivity index (χ1n) is 13.8. The van der Waals surface area contributed by atoms with Gasteiger partial charge in [0.2, 0.25) is 0 Å². The zero-order valence-corrected chi connectivity index (χ0v) is 23.9. The Bertz CT molecular complexity index is 1640. The lowest BCUT2D eigenvalue weighted by atomic mass is 10.0. The minimum Gasteiger partial charge on any atom is -0.459 e. The van der Waals surface area contributed by atoms with Crippen LogP contribution in [0.15, 0.2) is 18.2 Å². The Balaban J connectivity index is 1.35. The summed E-state index contributed by atoms with van der Waals surface area (Å²) in [6.45, 7) is 4.82. The fourth-order valence-electron chi connectivity index (χ4n) is 6.40. The van der Waals surface area contributed by atoms with Crippen molar-refractivity contribution < 1.29 is 17.9 Å². The van der Waals surface area contributed by atoms with Crippen LogP contribution >= 0.6 is 22.9 Å². The zero-order chi connectivity index (χ0) is 28.4. The number of ether oxygens (including phenoxy) is 1. The van der Waals surface area contributed by atoms with Gasteiger partial charge in [0.1, 0.15) is 29.4 Å². The number of alkyl halides is 1. The quantitative estimate of drug-likeness (QED) is 0.312. The number of aromatic nitrogens is 3. The number of anilines is 2. The third kappa shape index (κ3) is 4.94. The molecule has 7 rings (SSSR count). The van der Waals surface area contributed by atoms with E-state index in [-0.39, 0.29) is 43.6 Å². The summed E-state index contributed by atoms with van der Waals surface area (Å²) in [5.74, 6) is -0.615. The molecule has 2 aromatic heterocycles. The lowest BCUT2D eigenvalue weighted by molar-refractivity contribution is 0.146. The molecule has 4 aromatic rings. The summed E-state index contributed by atoms with van der Waals surface area (Å²) in [6, 6.07) is 5.04. The second-order valence-electron chi connectivity index (χ2n) is 11.2. The van der Waals surface area contributed by atoms with Crippen LogP contribution in [0.5, 0.6) is 6.01 Å². The molecule has 0 spiro atoms. The van der Waals surface area contributed by atoms with E-state index in [1.165, 1.54) is 12.1 Å². The third-order valence-electron chi connectivity index (χ3n) is 8.18. The monoisotopic (exact) mass is 603 g/mol. The normalized spacial score (nSPS) is 23.6. The SMILES string of the molecule is CC(CN1CCC(F)C1)Oc1nc(N2CC3CCC(C2)N3)c2cc(Cl)c(-c3ccc(F)c4sc(N)nc34)c(F)c2n1. The molecule has 0 aliphatic carbocycles. The molecule has 2 aromatic carbocycles. The average molecular weight is 604 g/mol. The number of thiazole rings is 1. The topological polar surface area (TPSA) is 92.4 Å². The number of nitrogen functional groups attached to an aromatic ring is 1. The molecule has 3 aliphatic rings. The highest BCUT2D eigenvalue weighted by atomic mass is 35.5. The predicted octanol–water partition coefficient (Wildman–Crippen LogP) is 5.17. The van der Waals surface area contributed by atoms with Gasteiger partial charge in [-0.3, -0.25) is 4.90 Å². The molecule has 3 aliphatic heterocycles. The van der Waals surface area contributed by atoms with Crippen LogP contribution in [-0.2, 0) is 0 Å². The van der Waals surface area contributed by atoms with Crippen molar-refractivity contribution in [1.29, 1.82) is 0 Å². The van der Waals surface area contributed by atoms with E-state index in [1.807, 2.05) is 11.8 Å². The van der Waals surface area contributed by atoms with E-state index in [9.17, 15) is 8.78 Å². The molecule has 8 nitrogen and oxygen atoms in total. The fourth-order valence-corrected chi connectivity index (χ4v) is 7.45. The van der Waals surface area contributed by atoms with Gasteiger partial charge in [0, 0.05) is 61.3 Å². The molecule has 0 radical (unpaired) electrons. The molecule has 4 unspecified atom stereocenters.